The topological polar surface area (TPSA) is 107 Å². The molecule has 0 aliphatic carbocycles. The number of nitrogens with two attached hydrogens (primary N) is 2. The van der Waals surface area contributed by atoms with Gasteiger partial charge in [0.05, 0.1) is 13.0 Å². The van der Waals surface area contributed by atoms with Crippen molar-refractivity contribution in [2.24, 2.45) is 11.5 Å². The van der Waals surface area contributed by atoms with E-state index in [0.29, 0.717) is 17.9 Å². The Kier molecular flexibility index (Phi) is 7.99. The van der Waals surface area contributed by atoms with E-state index in [1.54, 1.807) is 24.3 Å². The molecule has 5 N–H and O–H groups in total. The predicted molar refractivity (Wildman–Crippen MR) is 85.6 cm³/mol. The molecular formula is C16H25N3O3. The van der Waals surface area contributed by atoms with Gasteiger partial charge in [0.15, 0.2) is 0 Å². The van der Waals surface area contributed by atoms with Crippen LogP contribution in [-0.2, 0) is 4.79 Å². The Hall–Kier alpha value is -2.08. The van der Waals surface area contributed by atoms with Crippen LogP contribution in [0.2, 0.25) is 0 Å². The van der Waals surface area contributed by atoms with Crippen LogP contribution in [-0.4, -0.2) is 31.0 Å². The third-order valence-corrected chi connectivity index (χ3v) is 3.27. The van der Waals surface area contributed by atoms with E-state index in [9.17, 15) is 9.59 Å². The molecule has 6 nitrogen and oxygen atoms in total. The molecule has 6 heteroatoms. The average molecular weight is 307 g/mol. The van der Waals surface area contributed by atoms with Gasteiger partial charge in [0.2, 0.25) is 11.8 Å². The number of ether oxygens (including phenoxy) is 1. The van der Waals surface area contributed by atoms with E-state index >= 15 is 0 Å². The molecule has 2 amide bonds. The third-order valence-electron chi connectivity index (χ3n) is 3.27. The van der Waals surface area contributed by atoms with Crippen LogP contribution < -0.4 is 21.5 Å². The maximum absolute atomic E-state index is 11.8. The third kappa shape index (κ3) is 6.58. The Balaban J connectivity index is 2.35. The van der Waals surface area contributed by atoms with Crippen molar-refractivity contribution < 1.29 is 14.3 Å². The number of benzene rings is 1. The normalized spacial score (nSPS) is 11.7. The Labute approximate surface area is 131 Å². The summed E-state index contributed by atoms with van der Waals surface area (Å²) >= 11 is 0. The smallest absolute Gasteiger partial charge is 0.248 e. The first-order valence-electron chi connectivity index (χ1n) is 7.59. The Morgan fingerprint density at radius 1 is 1.36 bits per heavy atom. The SMILES string of the molecule is CCCCC(CN)NC(=O)CCOc1cccc(C(N)=O)c1. The van der Waals surface area contributed by atoms with Crippen molar-refractivity contribution in [2.45, 2.75) is 38.6 Å². The molecule has 0 aliphatic rings. The monoisotopic (exact) mass is 307 g/mol. The number of nitrogens with one attached hydrogen (secondary N) is 1. The van der Waals surface area contributed by atoms with Gasteiger partial charge in [-0.1, -0.05) is 25.8 Å². The van der Waals surface area contributed by atoms with Gasteiger partial charge in [0.25, 0.3) is 0 Å². The van der Waals surface area contributed by atoms with Crippen LogP contribution in [0.3, 0.4) is 0 Å². The van der Waals surface area contributed by atoms with Crippen molar-refractivity contribution in [3.63, 3.8) is 0 Å². The number of hydrogen-bond donors (Lipinski definition) is 3. The molecule has 22 heavy (non-hydrogen) atoms. The number of carbonyl (C=O) groups excluding carboxylic acids is 2. The Morgan fingerprint density at radius 3 is 2.77 bits per heavy atom. The summed E-state index contributed by atoms with van der Waals surface area (Å²) in [5, 5.41) is 2.90. The molecule has 0 radical (unpaired) electrons. The minimum atomic E-state index is -0.509. The molecule has 0 saturated heterocycles. The molecule has 0 fully saturated rings. The van der Waals surface area contributed by atoms with E-state index in [-0.39, 0.29) is 25.0 Å². The highest BCUT2D eigenvalue weighted by Gasteiger charge is 2.10. The molecule has 1 aromatic carbocycles. The number of carbonyl (C=O) groups is 2. The Bertz CT molecular complexity index is 491. The second-order valence-electron chi connectivity index (χ2n) is 5.13. The van der Waals surface area contributed by atoms with Gasteiger partial charge in [-0.05, 0) is 24.6 Å². The van der Waals surface area contributed by atoms with Gasteiger partial charge >= 0.3 is 0 Å². The van der Waals surface area contributed by atoms with E-state index < -0.39 is 5.91 Å². The number of primary amides is 1. The van der Waals surface area contributed by atoms with Crippen LogP contribution in [0.25, 0.3) is 0 Å². The van der Waals surface area contributed by atoms with Crippen molar-refractivity contribution >= 4 is 11.8 Å². The van der Waals surface area contributed by atoms with Crippen molar-refractivity contribution in [2.75, 3.05) is 13.2 Å². The van der Waals surface area contributed by atoms with Crippen LogP contribution in [0.15, 0.2) is 24.3 Å². The number of amides is 2. The molecule has 0 bridgehead atoms. The highest BCUT2D eigenvalue weighted by Crippen LogP contribution is 2.13. The minimum absolute atomic E-state index is 0.0191. The van der Waals surface area contributed by atoms with Crippen molar-refractivity contribution in [3.05, 3.63) is 29.8 Å². The van der Waals surface area contributed by atoms with E-state index in [1.807, 2.05) is 0 Å². The fourth-order valence-electron chi connectivity index (χ4n) is 2.00. The fraction of sp³-hybridized carbons (Fsp3) is 0.500. The van der Waals surface area contributed by atoms with Crippen LogP contribution in [0.4, 0.5) is 0 Å². The summed E-state index contributed by atoms with van der Waals surface area (Å²) < 4.78 is 5.46. The van der Waals surface area contributed by atoms with Gasteiger partial charge in [-0.25, -0.2) is 0 Å². The first kappa shape index (κ1) is 18.0. The van der Waals surface area contributed by atoms with Gasteiger partial charge in [-0.3, -0.25) is 9.59 Å². The molecule has 1 rings (SSSR count). The average Bonchev–Trinajstić information content (AvgIpc) is 2.51. The lowest BCUT2D eigenvalue weighted by atomic mass is 10.1. The molecule has 1 atom stereocenters. The lowest BCUT2D eigenvalue weighted by Gasteiger charge is -2.16. The molecule has 0 aromatic heterocycles. The highest BCUT2D eigenvalue weighted by molar-refractivity contribution is 5.93. The van der Waals surface area contributed by atoms with Gasteiger partial charge in [0, 0.05) is 18.2 Å². The predicted octanol–water partition coefficient (Wildman–Crippen LogP) is 1.19. The summed E-state index contributed by atoms with van der Waals surface area (Å²) in [4.78, 5) is 22.9. The Morgan fingerprint density at radius 2 is 2.14 bits per heavy atom. The number of hydrogen-bond acceptors (Lipinski definition) is 4. The second-order valence-corrected chi connectivity index (χ2v) is 5.13. The molecule has 0 aliphatic heterocycles. The summed E-state index contributed by atoms with van der Waals surface area (Å²) in [5.74, 6) is -0.0760. The van der Waals surface area contributed by atoms with Crippen molar-refractivity contribution in [3.8, 4) is 5.75 Å². The van der Waals surface area contributed by atoms with E-state index in [2.05, 4.69) is 12.2 Å². The lowest BCUT2D eigenvalue weighted by molar-refractivity contribution is -0.122. The van der Waals surface area contributed by atoms with E-state index in [1.165, 1.54) is 0 Å². The quantitative estimate of drug-likeness (QED) is 0.603. The van der Waals surface area contributed by atoms with Gasteiger partial charge in [-0.2, -0.15) is 0 Å². The molecule has 0 spiro atoms. The van der Waals surface area contributed by atoms with E-state index in [0.717, 1.165) is 19.3 Å². The molecule has 0 heterocycles. The van der Waals surface area contributed by atoms with Gasteiger partial charge in [0.1, 0.15) is 5.75 Å². The summed E-state index contributed by atoms with van der Waals surface area (Å²) in [6, 6.07) is 6.59. The van der Waals surface area contributed by atoms with Crippen LogP contribution in [0.5, 0.6) is 5.75 Å². The zero-order chi connectivity index (χ0) is 16.4. The summed E-state index contributed by atoms with van der Waals surface area (Å²) in [6.45, 7) is 2.77. The van der Waals surface area contributed by atoms with Crippen molar-refractivity contribution in [1.82, 2.24) is 5.32 Å². The molecule has 1 unspecified atom stereocenters. The first-order chi connectivity index (χ1) is 10.6. The second kappa shape index (κ2) is 9.78. The summed E-state index contributed by atoms with van der Waals surface area (Å²) in [6.07, 6.45) is 3.24. The highest BCUT2D eigenvalue weighted by atomic mass is 16.5. The molecule has 1 aromatic rings. The summed E-state index contributed by atoms with van der Waals surface area (Å²) in [7, 11) is 0. The first-order valence-corrected chi connectivity index (χ1v) is 7.59. The van der Waals surface area contributed by atoms with Gasteiger partial charge < -0.3 is 21.5 Å². The largest absolute Gasteiger partial charge is 0.493 e. The van der Waals surface area contributed by atoms with Crippen molar-refractivity contribution in [1.29, 1.82) is 0 Å². The zero-order valence-corrected chi connectivity index (χ0v) is 13.0. The summed E-state index contributed by atoms with van der Waals surface area (Å²) in [5.41, 5.74) is 11.2. The maximum Gasteiger partial charge on any atom is 0.248 e. The van der Waals surface area contributed by atoms with Crippen LogP contribution in [0.1, 0.15) is 43.0 Å². The standard InChI is InChI=1S/C16H25N3O3/c1-2-3-6-13(11-17)19-15(20)8-9-22-14-7-4-5-12(10-14)16(18)21/h4-5,7,10,13H,2-3,6,8-9,11,17H2,1H3,(H2,18,21)(H,19,20). The van der Waals surface area contributed by atoms with Crippen LogP contribution in [0, 0.1) is 0 Å². The number of rotatable bonds is 10. The molecule has 0 saturated carbocycles. The molecular weight excluding hydrogens is 282 g/mol. The maximum atomic E-state index is 11.8. The minimum Gasteiger partial charge on any atom is -0.493 e. The van der Waals surface area contributed by atoms with Gasteiger partial charge in [-0.15, -0.1) is 0 Å². The fourth-order valence-corrected chi connectivity index (χ4v) is 2.00. The lowest BCUT2D eigenvalue weighted by Crippen LogP contribution is -2.40. The number of unbranched alkanes of at least 4 members (excludes halogenated alkanes) is 1. The zero-order valence-electron chi connectivity index (χ0n) is 13.0. The molecule has 122 valence electrons. The van der Waals surface area contributed by atoms with Crippen LogP contribution >= 0.6 is 0 Å². The van der Waals surface area contributed by atoms with E-state index in [4.69, 9.17) is 16.2 Å².